The normalized spacial score (nSPS) is 14.1. The Labute approximate surface area is 174 Å². The molecule has 140 valence electrons. The maximum Gasteiger partial charge on any atom is 0.0478 e. The second kappa shape index (κ2) is 5.95. The minimum absolute atomic E-state index is 0.0496. The molecule has 0 radical (unpaired) electrons. The number of fused-ring (bicyclic) bond motifs is 6. The maximum atomic E-state index is 3.72. The summed E-state index contributed by atoms with van der Waals surface area (Å²) in [4.78, 5) is 0. The summed E-state index contributed by atoms with van der Waals surface area (Å²) in [6.45, 7) is 4.64. The van der Waals surface area contributed by atoms with Crippen LogP contribution in [0.3, 0.4) is 0 Å². The van der Waals surface area contributed by atoms with Crippen molar-refractivity contribution in [3.8, 4) is 11.1 Å². The SMILES string of the molecule is CC1(C)c2ccccc2-c2cc(Nc3cccc4sc5ccccc5c34)ccc21. The molecule has 0 bridgehead atoms. The molecule has 0 saturated heterocycles. The van der Waals surface area contributed by atoms with Crippen molar-refractivity contribution in [1.29, 1.82) is 0 Å². The van der Waals surface area contributed by atoms with Crippen molar-refractivity contribution in [2.75, 3.05) is 5.32 Å². The van der Waals surface area contributed by atoms with Crippen LogP contribution in [0.25, 0.3) is 31.3 Å². The third-order valence-electron chi connectivity index (χ3n) is 6.27. The first-order chi connectivity index (χ1) is 14.1. The van der Waals surface area contributed by atoms with Gasteiger partial charge in [0.15, 0.2) is 0 Å². The van der Waals surface area contributed by atoms with E-state index in [-0.39, 0.29) is 5.41 Å². The van der Waals surface area contributed by atoms with Gasteiger partial charge in [0.1, 0.15) is 0 Å². The molecule has 1 N–H and O–H groups in total. The third-order valence-corrected chi connectivity index (χ3v) is 7.40. The van der Waals surface area contributed by atoms with E-state index in [1.54, 1.807) is 0 Å². The fourth-order valence-corrected chi connectivity index (χ4v) is 5.96. The lowest BCUT2D eigenvalue weighted by Gasteiger charge is -2.21. The molecule has 0 unspecified atom stereocenters. The Kier molecular flexibility index (Phi) is 3.45. The Morgan fingerprint density at radius 3 is 2.38 bits per heavy atom. The van der Waals surface area contributed by atoms with E-state index in [1.165, 1.54) is 48.1 Å². The second-order valence-corrected chi connectivity index (χ2v) is 9.42. The van der Waals surface area contributed by atoms with E-state index < -0.39 is 0 Å². The molecular weight excluding hydrogens is 370 g/mol. The van der Waals surface area contributed by atoms with Gasteiger partial charge in [0.05, 0.1) is 0 Å². The number of benzene rings is 4. The largest absolute Gasteiger partial charge is 0.355 e. The molecule has 1 heterocycles. The van der Waals surface area contributed by atoms with E-state index in [4.69, 9.17) is 0 Å². The van der Waals surface area contributed by atoms with Gasteiger partial charge in [-0.25, -0.2) is 0 Å². The van der Waals surface area contributed by atoms with E-state index in [2.05, 4.69) is 104 Å². The summed E-state index contributed by atoms with van der Waals surface area (Å²) in [6, 6.07) is 30.9. The third kappa shape index (κ3) is 2.39. The Hall–Kier alpha value is -3.10. The van der Waals surface area contributed by atoms with Crippen LogP contribution in [-0.2, 0) is 5.41 Å². The number of rotatable bonds is 2. The molecule has 0 atom stereocenters. The average Bonchev–Trinajstić information content (AvgIpc) is 3.22. The fraction of sp³-hybridized carbons (Fsp3) is 0.111. The van der Waals surface area contributed by atoms with E-state index in [1.807, 2.05) is 11.3 Å². The van der Waals surface area contributed by atoms with Crippen LogP contribution >= 0.6 is 11.3 Å². The monoisotopic (exact) mass is 391 g/mol. The van der Waals surface area contributed by atoms with Gasteiger partial charge in [0.2, 0.25) is 0 Å². The molecule has 0 spiro atoms. The summed E-state index contributed by atoms with van der Waals surface area (Å²) in [5.41, 5.74) is 7.88. The van der Waals surface area contributed by atoms with Crippen molar-refractivity contribution in [3.63, 3.8) is 0 Å². The standard InChI is InChI=1S/C27H21NS/c1-27(2)21-10-5-3-8-18(21)20-16-17(14-15-22(20)27)28-23-11-7-13-25-26(23)19-9-4-6-12-24(19)29-25/h3-16,28H,1-2H3. The number of hydrogen-bond donors (Lipinski definition) is 1. The zero-order valence-corrected chi connectivity index (χ0v) is 17.3. The van der Waals surface area contributed by atoms with Crippen LogP contribution in [0.5, 0.6) is 0 Å². The Bertz CT molecular complexity index is 1410. The minimum Gasteiger partial charge on any atom is -0.355 e. The Balaban J connectivity index is 1.50. The van der Waals surface area contributed by atoms with Crippen molar-refractivity contribution >= 4 is 42.9 Å². The van der Waals surface area contributed by atoms with Gasteiger partial charge in [-0.3, -0.25) is 0 Å². The Morgan fingerprint density at radius 2 is 1.45 bits per heavy atom. The summed E-state index contributed by atoms with van der Waals surface area (Å²) in [7, 11) is 0. The van der Waals surface area contributed by atoms with Crippen LogP contribution in [0.2, 0.25) is 0 Å². The first-order valence-electron chi connectivity index (χ1n) is 10.0. The lowest BCUT2D eigenvalue weighted by atomic mass is 9.82. The van der Waals surface area contributed by atoms with Gasteiger partial charge in [-0.1, -0.05) is 68.4 Å². The van der Waals surface area contributed by atoms with Crippen molar-refractivity contribution in [2.45, 2.75) is 19.3 Å². The molecule has 1 nitrogen and oxygen atoms in total. The molecule has 0 fully saturated rings. The van der Waals surface area contributed by atoms with E-state index in [0.717, 1.165) is 5.69 Å². The van der Waals surface area contributed by atoms with Crippen LogP contribution in [0, 0.1) is 0 Å². The van der Waals surface area contributed by atoms with Crippen LogP contribution < -0.4 is 5.32 Å². The zero-order valence-electron chi connectivity index (χ0n) is 16.5. The molecule has 1 aliphatic carbocycles. The fourth-order valence-electron chi connectivity index (χ4n) is 4.83. The minimum atomic E-state index is 0.0496. The molecule has 1 aromatic heterocycles. The van der Waals surface area contributed by atoms with Crippen molar-refractivity contribution in [3.05, 3.63) is 96.1 Å². The Morgan fingerprint density at radius 1 is 0.690 bits per heavy atom. The highest BCUT2D eigenvalue weighted by Gasteiger charge is 2.35. The molecule has 0 aliphatic heterocycles. The number of hydrogen-bond acceptors (Lipinski definition) is 2. The number of nitrogens with one attached hydrogen (secondary N) is 1. The lowest BCUT2D eigenvalue weighted by molar-refractivity contribution is 0.660. The highest BCUT2D eigenvalue weighted by atomic mass is 32.1. The summed E-state index contributed by atoms with van der Waals surface area (Å²) >= 11 is 1.86. The van der Waals surface area contributed by atoms with Gasteiger partial charge in [-0.15, -0.1) is 11.3 Å². The topological polar surface area (TPSA) is 12.0 Å². The zero-order chi connectivity index (χ0) is 19.6. The summed E-state index contributed by atoms with van der Waals surface area (Å²) < 4.78 is 2.66. The maximum absolute atomic E-state index is 3.72. The molecule has 4 aromatic carbocycles. The quantitative estimate of drug-likeness (QED) is 0.320. The van der Waals surface area contributed by atoms with E-state index in [0.29, 0.717) is 0 Å². The van der Waals surface area contributed by atoms with Gasteiger partial charge in [-0.05, 0) is 52.6 Å². The first kappa shape index (κ1) is 16.8. The highest BCUT2D eigenvalue weighted by molar-refractivity contribution is 7.25. The van der Waals surface area contributed by atoms with Gasteiger partial charge in [-0.2, -0.15) is 0 Å². The van der Waals surface area contributed by atoms with Gasteiger partial charge in [0, 0.05) is 37.0 Å². The predicted molar refractivity (Wildman–Crippen MR) is 127 cm³/mol. The second-order valence-electron chi connectivity index (χ2n) is 8.33. The summed E-state index contributed by atoms with van der Waals surface area (Å²) in [5, 5.41) is 6.36. The molecule has 0 saturated carbocycles. The van der Waals surface area contributed by atoms with E-state index in [9.17, 15) is 0 Å². The lowest BCUT2D eigenvalue weighted by Crippen LogP contribution is -2.14. The summed E-state index contributed by atoms with van der Waals surface area (Å²) in [6.07, 6.45) is 0. The van der Waals surface area contributed by atoms with Crippen LogP contribution in [-0.4, -0.2) is 0 Å². The van der Waals surface area contributed by atoms with Crippen molar-refractivity contribution in [1.82, 2.24) is 0 Å². The van der Waals surface area contributed by atoms with Gasteiger partial charge >= 0.3 is 0 Å². The molecular formula is C27H21NS. The van der Waals surface area contributed by atoms with Crippen LogP contribution in [0.4, 0.5) is 11.4 Å². The molecule has 1 aliphatic rings. The first-order valence-corrected chi connectivity index (χ1v) is 10.9. The molecule has 6 rings (SSSR count). The van der Waals surface area contributed by atoms with Gasteiger partial charge < -0.3 is 5.32 Å². The predicted octanol–water partition coefficient (Wildman–Crippen LogP) is 8.10. The molecule has 0 amide bonds. The van der Waals surface area contributed by atoms with Crippen LogP contribution in [0.1, 0.15) is 25.0 Å². The van der Waals surface area contributed by atoms with Crippen molar-refractivity contribution in [2.24, 2.45) is 0 Å². The van der Waals surface area contributed by atoms with E-state index >= 15 is 0 Å². The highest BCUT2D eigenvalue weighted by Crippen LogP contribution is 2.49. The molecule has 29 heavy (non-hydrogen) atoms. The van der Waals surface area contributed by atoms with Gasteiger partial charge in [0.25, 0.3) is 0 Å². The molecule has 5 aromatic rings. The van der Waals surface area contributed by atoms with Crippen molar-refractivity contribution < 1.29 is 0 Å². The number of thiophene rings is 1. The number of anilines is 2. The average molecular weight is 392 g/mol. The summed E-state index contributed by atoms with van der Waals surface area (Å²) in [5.74, 6) is 0. The molecule has 2 heteroatoms. The smallest absolute Gasteiger partial charge is 0.0478 e. The van der Waals surface area contributed by atoms with Crippen LogP contribution in [0.15, 0.2) is 84.9 Å².